The fourth-order valence-electron chi connectivity index (χ4n) is 2.61. The molecule has 0 aliphatic rings. The lowest BCUT2D eigenvalue weighted by molar-refractivity contribution is 0.0950. The van der Waals surface area contributed by atoms with Gasteiger partial charge < -0.3 is 14.8 Å². The predicted molar refractivity (Wildman–Crippen MR) is 97.3 cm³/mol. The number of methoxy groups -OCH3 is 1. The van der Waals surface area contributed by atoms with Gasteiger partial charge in [-0.05, 0) is 36.8 Å². The van der Waals surface area contributed by atoms with Gasteiger partial charge >= 0.3 is 0 Å². The van der Waals surface area contributed by atoms with E-state index in [9.17, 15) is 9.18 Å². The van der Waals surface area contributed by atoms with Crippen LogP contribution in [0.5, 0.6) is 11.5 Å². The summed E-state index contributed by atoms with van der Waals surface area (Å²) >= 11 is 1.29. The Kier molecular flexibility index (Phi) is 5.19. The van der Waals surface area contributed by atoms with Crippen LogP contribution in [0.15, 0.2) is 42.5 Å². The number of rotatable bonds is 6. The van der Waals surface area contributed by atoms with Crippen LogP contribution in [0.25, 0.3) is 10.1 Å². The molecular weight excluding hydrogens is 341 g/mol. The first-order valence-corrected chi connectivity index (χ1v) is 8.65. The smallest absolute Gasteiger partial charge is 0.261 e. The Hall–Kier alpha value is -2.60. The van der Waals surface area contributed by atoms with E-state index in [0.29, 0.717) is 40.5 Å². The summed E-state index contributed by atoms with van der Waals surface area (Å²) in [6.45, 7) is 2.42. The van der Waals surface area contributed by atoms with Crippen molar-refractivity contribution in [2.75, 3.05) is 20.3 Å². The maximum absolute atomic E-state index is 13.9. The molecule has 3 aromatic rings. The average molecular weight is 359 g/mol. The largest absolute Gasteiger partial charge is 0.493 e. The molecule has 0 bridgehead atoms. The van der Waals surface area contributed by atoms with Crippen molar-refractivity contribution in [3.63, 3.8) is 0 Å². The minimum Gasteiger partial charge on any atom is -0.493 e. The third-order valence-electron chi connectivity index (χ3n) is 3.82. The van der Waals surface area contributed by atoms with E-state index in [4.69, 9.17) is 9.47 Å². The number of amides is 1. The van der Waals surface area contributed by atoms with Gasteiger partial charge in [-0.2, -0.15) is 0 Å². The number of thiophene rings is 1. The molecule has 1 heterocycles. The first-order valence-electron chi connectivity index (χ1n) is 7.83. The third-order valence-corrected chi connectivity index (χ3v) is 5.08. The molecule has 6 heteroatoms. The van der Waals surface area contributed by atoms with E-state index in [2.05, 4.69) is 5.32 Å². The Morgan fingerprint density at radius 2 is 1.92 bits per heavy atom. The van der Waals surface area contributed by atoms with Gasteiger partial charge in [-0.25, -0.2) is 4.39 Å². The van der Waals surface area contributed by atoms with Crippen molar-refractivity contribution >= 4 is 27.3 Å². The first-order chi connectivity index (χ1) is 12.1. The van der Waals surface area contributed by atoms with Crippen molar-refractivity contribution in [2.24, 2.45) is 0 Å². The molecule has 1 N–H and O–H groups in total. The van der Waals surface area contributed by atoms with Crippen LogP contribution in [0, 0.1) is 12.7 Å². The molecule has 4 nitrogen and oxygen atoms in total. The predicted octanol–water partition coefficient (Wildman–Crippen LogP) is 4.17. The maximum atomic E-state index is 13.9. The third kappa shape index (κ3) is 3.58. The average Bonchev–Trinajstić information content (AvgIpc) is 2.97. The summed E-state index contributed by atoms with van der Waals surface area (Å²) in [5.41, 5.74) is 0.668. The van der Waals surface area contributed by atoms with Crippen molar-refractivity contribution in [3.8, 4) is 11.5 Å². The van der Waals surface area contributed by atoms with E-state index in [0.717, 1.165) is 4.70 Å². The van der Waals surface area contributed by atoms with Gasteiger partial charge in [0.2, 0.25) is 0 Å². The van der Waals surface area contributed by atoms with Crippen molar-refractivity contribution < 1.29 is 18.7 Å². The standard InChI is InChI=1S/C19H18FNO3S/c1-12-17-13(20)6-5-9-16(17)25-18(12)19(22)21-10-11-24-15-8-4-3-7-14(15)23-2/h3-9H,10-11H2,1-2H3,(H,21,22). The number of hydrogen-bond donors (Lipinski definition) is 1. The first kappa shape index (κ1) is 17.2. The number of carbonyl (C=O) groups excluding carboxylic acids is 1. The van der Waals surface area contributed by atoms with Crippen molar-refractivity contribution in [1.82, 2.24) is 5.32 Å². The van der Waals surface area contributed by atoms with Gasteiger partial charge in [0.25, 0.3) is 5.91 Å². The van der Waals surface area contributed by atoms with E-state index in [1.54, 1.807) is 26.2 Å². The number of ether oxygens (including phenoxy) is 2. The summed E-state index contributed by atoms with van der Waals surface area (Å²) < 4.78 is 25.5. The topological polar surface area (TPSA) is 47.6 Å². The molecular formula is C19H18FNO3S. The highest BCUT2D eigenvalue weighted by molar-refractivity contribution is 7.21. The van der Waals surface area contributed by atoms with E-state index in [1.807, 2.05) is 24.3 Å². The molecule has 3 rings (SSSR count). The molecule has 1 aromatic heterocycles. The van der Waals surface area contributed by atoms with Crippen LogP contribution >= 0.6 is 11.3 Å². The van der Waals surface area contributed by atoms with Gasteiger partial charge in [-0.3, -0.25) is 4.79 Å². The molecule has 0 saturated carbocycles. The number of nitrogens with one attached hydrogen (secondary N) is 1. The highest BCUT2D eigenvalue weighted by Gasteiger charge is 2.17. The summed E-state index contributed by atoms with van der Waals surface area (Å²) in [5.74, 6) is 0.746. The number of carbonyl (C=O) groups is 1. The molecule has 0 atom stereocenters. The molecule has 0 radical (unpaired) electrons. The fourth-order valence-corrected chi connectivity index (χ4v) is 3.75. The zero-order valence-corrected chi connectivity index (χ0v) is 14.8. The van der Waals surface area contributed by atoms with Crippen LogP contribution < -0.4 is 14.8 Å². The molecule has 25 heavy (non-hydrogen) atoms. The lowest BCUT2D eigenvalue weighted by atomic mass is 10.1. The van der Waals surface area contributed by atoms with Crippen LogP contribution in [0.3, 0.4) is 0 Å². The van der Waals surface area contributed by atoms with Gasteiger partial charge in [0.05, 0.1) is 18.5 Å². The van der Waals surface area contributed by atoms with Crippen LogP contribution in [-0.2, 0) is 0 Å². The lowest BCUT2D eigenvalue weighted by Gasteiger charge is -2.10. The zero-order chi connectivity index (χ0) is 17.8. The normalized spacial score (nSPS) is 10.7. The van der Waals surface area contributed by atoms with E-state index < -0.39 is 0 Å². The zero-order valence-electron chi connectivity index (χ0n) is 14.0. The number of fused-ring (bicyclic) bond motifs is 1. The highest BCUT2D eigenvalue weighted by atomic mass is 32.1. The molecule has 0 aliphatic heterocycles. The molecule has 0 unspecified atom stereocenters. The van der Waals surface area contributed by atoms with Gasteiger partial charge in [0, 0.05) is 10.1 Å². The summed E-state index contributed by atoms with van der Waals surface area (Å²) in [6.07, 6.45) is 0. The summed E-state index contributed by atoms with van der Waals surface area (Å²) in [7, 11) is 1.58. The molecule has 2 aromatic carbocycles. The fraction of sp³-hybridized carbons (Fsp3) is 0.211. The molecule has 0 fully saturated rings. The van der Waals surface area contributed by atoms with Crippen LogP contribution in [0.4, 0.5) is 4.39 Å². The molecule has 0 spiro atoms. The second-order valence-corrected chi connectivity index (χ2v) is 6.48. The van der Waals surface area contributed by atoms with Gasteiger partial charge in [-0.1, -0.05) is 18.2 Å². The van der Waals surface area contributed by atoms with Gasteiger partial charge in [0.1, 0.15) is 12.4 Å². The molecule has 0 aliphatic carbocycles. The molecule has 0 saturated heterocycles. The highest BCUT2D eigenvalue weighted by Crippen LogP contribution is 2.32. The van der Waals surface area contributed by atoms with E-state index in [1.165, 1.54) is 17.4 Å². The van der Waals surface area contributed by atoms with Crippen molar-refractivity contribution in [2.45, 2.75) is 6.92 Å². The van der Waals surface area contributed by atoms with Gasteiger partial charge in [0.15, 0.2) is 11.5 Å². The number of aryl methyl sites for hydroxylation is 1. The second kappa shape index (κ2) is 7.53. The Morgan fingerprint density at radius 1 is 1.16 bits per heavy atom. The maximum Gasteiger partial charge on any atom is 0.261 e. The number of benzene rings is 2. The van der Waals surface area contributed by atoms with Gasteiger partial charge in [-0.15, -0.1) is 11.3 Å². The number of halogens is 1. The summed E-state index contributed by atoms with van der Waals surface area (Å²) in [6, 6.07) is 12.2. The quantitative estimate of drug-likeness (QED) is 0.672. The summed E-state index contributed by atoms with van der Waals surface area (Å²) in [4.78, 5) is 12.9. The SMILES string of the molecule is COc1ccccc1OCCNC(=O)c1sc2cccc(F)c2c1C. The minimum absolute atomic E-state index is 0.221. The van der Waals surface area contributed by atoms with Crippen LogP contribution in [0.1, 0.15) is 15.2 Å². The van der Waals surface area contributed by atoms with Crippen LogP contribution in [-0.4, -0.2) is 26.2 Å². The Labute approximate surface area is 149 Å². The van der Waals surface area contributed by atoms with E-state index >= 15 is 0 Å². The number of hydrogen-bond acceptors (Lipinski definition) is 4. The van der Waals surface area contributed by atoms with Crippen molar-refractivity contribution in [3.05, 3.63) is 58.7 Å². The van der Waals surface area contributed by atoms with Crippen molar-refractivity contribution in [1.29, 1.82) is 0 Å². The minimum atomic E-state index is -0.301. The summed E-state index contributed by atoms with van der Waals surface area (Å²) in [5, 5.41) is 3.33. The Balaban J connectivity index is 1.62. The lowest BCUT2D eigenvalue weighted by Crippen LogP contribution is -2.27. The second-order valence-electron chi connectivity index (χ2n) is 5.42. The molecule has 130 valence electrons. The van der Waals surface area contributed by atoms with E-state index in [-0.39, 0.29) is 11.7 Å². The Morgan fingerprint density at radius 3 is 2.64 bits per heavy atom. The molecule has 1 amide bonds. The number of para-hydroxylation sites is 2. The monoisotopic (exact) mass is 359 g/mol. The van der Waals surface area contributed by atoms with Crippen LogP contribution in [0.2, 0.25) is 0 Å². The Bertz CT molecular complexity index is 907.